The van der Waals surface area contributed by atoms with Crippen molar-refractivity contribution in [2.45, 2.75) is 82.8 Å². The molecule has 1 amide bonds. The number of alkyl halides is 3. The van der Waals surface area contributed by atoms with Crippen LogP contribution in [0.4, 0.5) is 18.0 Å². The Hall–Kier alpha value is -2.96. The van der Waals surface area contributed by atoms with E-state index in [1.165, 1.54) is 19.1 Å². The van der Waals surface area contributed by atoms with E-state index in [4.69, 9.17) is 18.9 Å². The Morgan fingerprint density at radius 2 is 1.91 bits per heavy atom. The lowest BCUT2D eigenvalue weighted by atomic mass is 9.72. The second-order valence-electron chi connectivity index (χ2n) is 8.51. The summed E-state index contributed by atoms with van der Waals surface area (Å²) in [6, 6.07) is 4.47. The lowest BCUT2D eigenvalue weighted by Crippen LogP contribution is -2.53. The quantitative estimate of drug-likeness (QED) is 0.331. The van der Waals surface area contributed by atoms with E-state index in [2.05, 4.69) is 5.32 Å². The molecule has 0 bridgehead atoms. The van der Waals surface area contributed by atoms with E-state index in [1.54, 1.807) is 6.07 Å². The molecule has 1 aliphatic carbocycles. The van der Waals surface area contributed by atoms with Gasteiger partial charge < -0.3 is 29.2 Å². The first-order chi connectivity index (χ1) is 16.5. The minimum absolute atomic E-state index is 0.00257. The van der Waals surface area contributed by atoms with Gasteiger partial charge in [0.05, 0.1) is 12.4 Å². The maximum Gasteiger partial charge on any atom is 0.547 e. The number of esters is 1. The Labute approximate surface area is 200 Å². The third-order valence-corrected chi connectivity index (χ3v) is 5.67. The molecular formula is C22H27BF3NO8. The number of hydrogen-bond donors (Lipinski definition) is 2. The van der Waals surface area contributed by atoms with E-state index in [1.807, 2.05) is 0 Å². The minimum atomic E-state index is -4.48. The van der Waals surface area contributed by atoms with Crippen molar-refractivity contribution in [3.63, 3.8) is 0 Å². The molecule has 0 aromatic heterocycles. The highest BCUT2D eigenvalue weighted by Gasteiger charge is 2.38. The molecule has 2 N–H and O–H groups in total. The third-order valence-electron chi connectivity index (χ3n) is 5.67. The molecule has 0 spiro atoms. The molecule has 1 saturated carbocycles. The third kappa shape index (κ3) is 8.05. The summed E-state index contributed by atoms with van der Waals surface area (Å²) in [5.74, 6) is -2.78. The summed E-state index contributed by atoms with van der Waals surface area (Å²) in [6.07, 6.45) is -4.45. The Morgan fingerprint density at radius 1 is 1.20 bits per heavy atom. The van der Waals surface area contributed by atoms with Crippen molar-refractivity contribution in [2.75, 3.05) is 0 Å². The van der Waals surface area contributed by atoms with Crippen LogP contribution >= 0.6 is 0 Å². The van der Waals surface area contributed by atoms with Gasteiger partial charge in [0.25, 0.3) is 0 Å². The predicted octanol–water partition coefficient (Wildman–Crippen LogP) is 3.46. The van der Waals surface area contributed by atoms with Gasteiger partial charge in [-0.1, -0.05) is 18.6 Å². The second-order valence-corrected chi connectivity index (χ2v) is 8.51. The van der Waals surface area contributed by atoms with E-state index in [0.29, 0.717) is 5.56 Å². The fraction of sp³-hybridized carbons (Fsp3) is 0.591. The van der Waals surface area contributed by atoms with Crippen LogP contribution in [0.5, 0.6) is 5.75 Å². The molecule has 1 aromatic rings. The summed E-state index contributed by atoms with van der Waals surface area (Å²) >= 11 is 0. The van der Waals surface area contributed by atoms with E-state index in [-0.39, 0.29) is 23.8 Å². The molecule has 0 saturated heterocycles. The molecule has 35 heavy (non-hydrogen) atoms. The first-order valence-corrected chi connectivity index (χ1v) is 11.4. The molecule has 2 aliphatic rings. The normalized spacial score (nSPS) is 19.1. The summed E-state index contributed by atoms with van der Waals surface area (Å²) in [5, 5.41) is 12.6. The fourth-order valence-corrected chi connectivity index (χ4v) is 3.96. The van der Waals surface area contributed by atoms with Crippen molar-refractivity contribution in [2.24, 2.45) is 0 Å². The highest BCUT2D eigenvalue weighted by molar-refractivity contribution is 6.47. The van der Waals surface area contributed by atoms with E-state index >= 15 is 0 Å². The van der Waals surface area contributed by atoms with Crippen molar-refractivity contribution < 1.29 is 51.4 Å². The zero-order valence-corrected chi connectivity index (χ0v) is 19.1. The molecule has 1 unspecified atom stereocenters. The number of amides is 1. The number of fused-ring (bicyclic) bond motifs is 1. The molecule has 2 atom stereocenters. The molecule has 1 heterocycles. The summed E-state index contributed by atoms with van der Waals surface area (Å²) in [4.78, 5) is 36.4. The number of ether oxygens (including phenoxy) is 3. The molecule has 3 rings (SSSR count). The lowest BCUT2D eigenvalue weighted by Gasteiger charge is -2.29. The summed E-state index contributed by atoms with van der Waals surface area (Å²) < 4.78 is 57.7. The molecule has 13 heteroatoms. The van der Waals surface area contributed by atoms with Crippen LogP contribution in [0.2, 0.25) is 0 Å². The minimum Gasteiger partial charge on any atom is -0.534 e. The standard InChI is InChI=1S/C22H27BF3NO8/c1-13(33-21(30)34-15-7-3-2-4-8-15)32-20(29)16-9-5-6-14-12-17(23(31)35-19(14)16)27-18(28)10-11-22(24,25)26/h5-6,9,13,15,17,31H,2-4,7-8,10-12H2,1H3,(H,27,28)/t13?,17-/m0/s1. The fourth-order valence-electron chi connectivity index (χ4n) is 3.96. The van der Waals surface area contributed by atoms with Crippen LogP contribution < -0.4 is 9.97 Å². The number of para-hydroxylation sites is 1. The predicted molar refractivity (Wildman–Crippen MR) is 115 cm³/mol. The average Bonchev–Trinajstić information content (AvgIpc) is 2.77. The topological polar surface area (TPSA) is 120 Å². The van der Waals surface area contributed by atoms with Crippen molar-refractivity contribution in [1.82, 2.24) is 5.32 Å². The molecule has 0 radical (unpaired) electrons. The van der Waals surface area contributed by atoms with Crippen LogP contribution in [0, 0.1) is 0 Å². The Kier molecular flexibility index (Phi) is 8.87. The summed E-state index contributed by atoms with van der Waals surface area (Å²) in [5.41, 5.74) is 0.371. The second kappa shape index (κ2) is 11.7. The van der Waals surface area contributed by atoms with Gasteiger partial charge in [-0.3, -0.25) is 4.79 Å². The van der Waals surface area contributed by atoms with Gasteiger partial charge in [-0.15, -0.1) is 0 Å². The average molecular weight is 501 g/mol. The van der Waals surface area contributed by atoms with E-state index in [9.17, 15) is 32.6 Å². The van der Waals surface area contributed by atoms with Crippen LogP contribution in [-0.2, 0) is 25.4 Å². The van der Waals surface area contributed by atoms with Crippen molar-refractivity contribution in [3.8, 4) is 5.75 Å². The zero-order valence-electron chi connectivity index (χ0n) is 19.1. The van der Waals surface area contributed by atoms with Crippen LogP contribution in [0.1, 0.15) is 67.8 Å². The van der Waals surface area contributed by atoms with Gasteiger partial charge in [-0.05, 0) is 43.7 Å². The highest BCUT2D eigenvalue weighted by atomic mass is 19.4. The van der Waals surface area contributed by atoms with E-state index < -0.39 is 56.4 Å². The molecule has 1 fully saturated rings. The van der Waals surface area contributed by atoms with Gasteiger partial charge in [0.2, 0.25) is 12.2 Å². The van der Waals surface area contributed by atoms with Crippen LogP contribution in [0.3, 0.4) is 0 Å². The molecular weight excluding hydrogens is 474 g/mol. The van der Waals surface area contributed by atoms with Crippen molar-refractivity contribution in [1.29, 1.82) is 0 Å². The van der Waals surface area contributed by atoms with Crippen molar-refractivity contribution in [3.05, 3.63) is 29.3 Å². The molecule has 9 nitrogen and oxygen atoms in total. The monoisotopic (exact) mass is 501 g/mol. The Balaban J connectivity index is 1.56. The van der Waals surface area contributed by atoms with Gasteiger partial charge in [-0.25, -0.2) is 9.59 Å². The largest absolute Gasteiger partial charge is 0.547 e. The number of carbonyl (C=O) groups is 3. The molecule has 1 aliphatic heterocycles. The molecule has 1 aromatic carbocycles. The Morgan fingerprint density at radius 3 is 2.60 bits per heavy atom. The van der Waals surface area contributed by atoms with Crippen molar-refractivity contribution >= 4 is 25.2 Å². The lowest BCUT2D eigenvalue weighted by molar-refractivity contribution is -0.144. The summed E-state index contributed by atoms with van der Waals surface area (Å²) in [7, 11) is -1.61. The summed E-state index contributed by atoms with van der Waals surface area (Å²) in [6.45, 7) is 1.34. The number of halogens is 3. The smallest absolute Gasteiger partial charge is 0.534 e. The molecule has 192 valence electrons. The number of rotatable bonds is 7. The Bertz CT molecular complexity index is 922. The number of carbonyl (C=O) groups excluding carboxylic acids is 3. The first-order valence-electron chi connectivity index (χ1n) is 11.4. The maximum absolute atomic E-state index is 12.7. The number of benzene rings is 1. The van der Waals surface area contributed by atoms with Gasteiger partial charge in [0.1, 0.15) is 17.4 Å². The first kappa shape index (κ1) is 26.6. The SMILES string of the molecule is CC(OC(=O)OC1CCCCC1)OC(=O)c1cccc2c1OB(O)[C@@H](NC(=O)CCC(F)(F)F)C2. The van der Waals surface area contributed by atoms with Gasteiger partial charge >= 0.3 is 25.4 Å². The highest BCUT2D eigenvalue weighted by Crippen LogP contribution is 2.31. The maximum atomic E-state index is 12.7. The van der Waals surface area contributed by atoms with Crippen LogP contribution in [0.25, 0.3) is 0 Å². The zero-order chi connectivity index (χ0) is 25.6. The van der Waals surface area contributed by atoms with Crippen LogP contribution in [0.15, 0.2) is 18.2 Å². The van der Waals surface area contributed by atoms with Crippen LogP contribution in [-0.4, -0.2) is 54.7 Å². The number of nitrogens with one attached hydrogen (secondary N) is 1. The van der Waals surface area contributed by atoms with Gasteiger partial charge in [0.15, 0.2) is 0 Å². The van der Waals surface area contributed by atoms with Gasteiger partial charge in [-0.2, -0.15) is 13.2 Å². The number of hydrogen-bond acceptors (Lipinski definition) is 8. The van der Waals surface area contributed by atoms with E-state index in [0.717, 1.165) is 32.1 Å². The van der Waals surface area contributed by atoms with Gasteiger partial charge in [0, 0.05) is 13.3 Å².